The number of aliphatic hydroxyl groups excluding tert-OH is 1. The van der Waals surface area contributed by atoms with E-state index in [-0.39, 0.29) is 13.2 Å². The van der Waals surface area contributed by atoms with Gasteiger partial charge in [-0.05, 0) is 0 Å². The quantitative estimate of drug-likeness (QED) is 0.511. The molecule has 1 N–H and O–H groups in total. The predicted octanol–water partition coefficient (Wildman–Crippen LogP) is -1.26. The van der Waals surface area contributed by atoms with Gasteiger partial charge in [-0.25, -0.2) is 4.79 Å². The van der Waals surface area contributed by atoms with Crippen molar-refractivity contribution < 1.29 is 24.2 Å². The molecule has 5 nitrogen and oxygen atoms in total. The Morgan fingerprint density at radius 3 is 2.45 bits per heavy atom. The lowest BCUT2D eigenvalue weighted by atomic mass is 10.4. The third-order valence-electron chi connectivity index (χ3n) is 0.887. The molecule has 0 saturated heterocycles. The SMILES string of the molecule is COC(=O)COCC(=O)CO. The molecule has 0 rings (SSSR count). The number of hydrogen-bond acceptors (Lipinski definition) is 5. The molecule has 0 aliphatic rings. The Labute approximate surface area is 63.9 Å². The summed E-state index contributed by atoms with van der Waals surface area (Å²) in [4.78, 5) is 20.7. The number of carbonyl (C=O) groups is 2. The molecule has 0 spiro atoms. The first-order valence-electron chi connectivity index (χ1n) is 2.97. The van der Waals surface area contributed by atoms with E-state index in [2.05, 4.69) is 9.47 Å². The summed E-state index contributed by atoms with van der Waals surface area (Å²) in [6, 6.07) is 0. The molecule has 0 radical (unpaired) electrons. The van der Waals surface area contributed by atoms with Gasteiger partial charge in [-0.2, -0.15) is 0 Å². The van der Waals surface area contributed by atoms with Gasteiger partial charge in [0.2, 0.25) is 0 Å². The van der Waals surface area contributed by atoms with Gasteiger partial charge in [0.1, 0.15) is 19.8 Å². The van der Waals surface area contributed by atoms with Crippen LogP contribution >= 0.6 is 0 Å². The van der Waals surface area contributed by atoms with Crippen LogP contribution in [-0.2, 0) is 19.1 Å². The van der Waals surface area contributed by atoms with Crippen LogP contribution in [0.2, 0.25) is 0 Å². The lowest BCUT2D eigenvalue weighted by Gasteiger charge is -1.99. The van der Waals surface area contributed by atoms with Crippen molar-refractivity contribution in [2.24, 2.45) is 0 Å². The number of methoxy groups -OCH3 is 1. The number of Topliss-reactive ketones (excluding diaryl/α,β-unsaturated/α-hetero) is 1. The maximum Gasteiger partial charge on any atom is 0.331 e. The summed E-state index contributed by atoms with van der Waals surface area (Å²) in [7, 11) is 1.22. The molecule has 64 valence electrons. The fourth-order valence-corrected chi connectivity index (χ4v) is 0.353. The summed E-state index contributed by atoms with van der Waals surface area (Å²) in [5, 5.41) is 8.21. The smallest absolute Gasteiger partial charge is 0.331 e. The minimum atomic E-state index is -0.568. The Morgan fingerprint density at radius 2 is 2.00 bits per heavy atom. The zero-order chi connectivity index (χ0) is 8.69. The van der Waals surface area contributed by atoms with E-state index in [1.54, 1.807) is 0 Å². The predicted molar refractivity (Wildman–Crippen MR) is 34.9 cm³/mol. The molecule has 0 unspecified atom stereocenters. The van der Waals surface area contributed by atoms with Gasteiger partial charge in [-0.15, -0.1) is 0 Å². The first-order valence-corrected chi connectivity index (χ1v) is 2.97. The van der Waals surface area contributed by atoms with Gasteiger partial charge in [-0.3, -0.25) is 4.79 Å². The Bertz CT molecular complexity index is 126. The van der Waals surface area contributed by atoms with E-state index in [0.29, 0.717) is 0 Å². The number of ether oxygens (including phenoxy) is 2. The molecule has 0 aromatic carbocycles. The third-order valence-corrected chi connectivity index (χ3v) is 0.887. The van der Waals surface area contributed by atoms with Crippen molar-refractivity contribution in [2.45, 2.75) is 0 Å². The van der Waals surface area contributed by atoms with E-state index >= 15 is 0 Å². The molecule has 5 heteroatoms. The lowest BCUT2D eigenvalue weighted by molar-refractivity contribution is -0.147. The molecule has 0 bridgehead atoms. The van der Waals surface area contributed by atoms with Crippen LogP contribution in [0, 0.1) is 0 Å². The van der Waals surface area contributed by atoms with E-state index in [9.17, 15) is 9.59 Å². The summed E-state index contributed by atoms with van der Waals surface area (Å²) in [6.07, 6.45) is 0. The van der Waals surface area contributed by atoms with Crippen molar-refractivity contribution >= 4 is 11.8 Å². The van der Waals surface area contributed by atoms with Crippen LogP contribution in [-0.4, -0.2) is 43.8 Å². The maximum atomic E-state index is 10.4. The largest absolute Gasteiger partial charge is 0.467 e. The maximum absolute atomic E-state index is 10.4. The molecule has 0 amide bonds. The van der Waals surface area contributed by atoms with Crippen LogP contribution < -0.4 is 0 Å². The molecule has 0 aromatic heterocycles. The molecule has 0 atom stereocenters. The first-order chi connectivity index (χ1) is 5.20. The highest BCUT2D eigenvalue weighted by atomic mass is 16.6. The van der Waals surface area contributed by atoms with Crippen LogP contribution in [0.3, 0.4) is 0 Å². The molecule has 0 saturated carbocycles. The molecule has 0 aliphatic carbocycles. The minimum Gasteiger partial charge on any atom is -0.467 e. The normalized spacial score (nSPS) is 9.27. The zero-order valence-electron chi connectivity index (χ0n) is 6.20. The molecule has 0 fully saturated rings. The molecule has 0 aromatic rings. The number of ketones is 1. The molecule has 0 aliphatic heterocycles. The van der Waals surface area contributed by atoms with E-state index < -0.39 is 18.4 Å². The standard InChI is InChI=1S/C6H10O5/c1-10-6(9)4-11-3-5(8)2-7/h7H,2-4H2,1H3. The second kappa shape index (κ2) is 5.82. The Hall–Kier alpha value is -0.940. The Balaban J connectivity index is 3.27. The monoisotopic (exact) mass is 162 g/mol. The van der Waals surface area contributed by atoms with Crippen LogP contribution in [0.4, 0.5) is 0 Å². The second-order valence-electron chi connectivity index (χ2n) is 1.77. The molecular formula is C6H10O5. The van der Waals surface area contributed by atoms with Crippen LogP contribution in [0.1, 0.15) is 0 Å². The summed E-state index contributed by atoms with van der Waals surface area (Å²) in [5.74, 6) is -1.01. The zero-order valence-corrected chi connectivity index (χ0v) is 6.20. The van der Waals surface area contributed by atoms with Crippen LogP contribution in [0.5, 0.6) is 0 Å². The van der Waals surface area contributed by atoms with Crippen LogP contribution in [0.15, 0.2) is 0 Å². The number of hydrogen-bond donors (Lipinski definition) is 1. The number of carbonyl (C=O) groups excluding carboxylic acids is 2. The van der Waals surface area contributed by atoms with Gasteiger partial charge in [0, 0.05) is 0 Å². The van der Waals surface area contributed by atoms with Crippen molar-refractivity contribution in [1.82, 2.24) is 0 Å². The van der Waals surface area contributed by atoms with E-state index in [0.717, 1.165) is 0 Å². The average Bonchev–Trinajstić information content (AvgIpc) is 2.04. The van der Waals surface area contributed by atoms with E-state index in [1.165, 1.54) is 7.11 Å². The van der Waals surface area contributed by atoms with Crippen molar-refractivity contribution in [3.8, 4) is 0 Å². The summed E-state index contributed by atoms with van der Waals surface area (Å²) in [5.41, 5.74) is 0. The topological polar surface area (TPSA) is 72.8 Å². The van der Waals surface area contributed by atoms with Crippen LogP contribution in [0.25, 0.3) is 0 Å². The van der Waals surface area contributed by atoms with E-state index in [1.807, 2.05) is 0 Å². The van der Waals surface area contributed by atoms with Crippen molar-refractivity contribution in [1.29, 1.82) is 0 Å². The summed E-state index contributed by atoms with van der Waals surface area (Å²) < 4.78 is 8.78. The summed E-state index contributed by atoms with van der Waals surface area (Å²) >= 11 is 0. The second-order valence-corrected chi connectivity index (χ2v) is 1.77. The lowest BCUT2D eigenvalue weighted by Crippen LogP contribution is -2.17. The van der Waals surface area contributed by atoms with Gasteiger partial charge < -0.3 is 14.6 Å². The van der Waals surface area contributed by atoms with Gasteiger partial charge in [-0.1, -0.05) is 0 Å². The van der Waals surface area contributed by atoms with Gasteiger partial charge in [0.25, 0.3) is 0 Å². The van der Waals surface area contributed by atoms with Gasteiger partial charge in [0.05, 0.1) is 7.11 Å². The Morgan fingerprint density at radius 1 is 1.36 bits per heavy atom. The van der Waals surface area contributed by atoms with Gasteiger partial charge in [0.15, 0.2) is 5.78 Å². The van der Waals surface area contributed by atoms with E-state index in [4.69, 9.17) is 5.11 Å². The highest BCUT2D eigenvalue weighted by Gasteiger charge is 2.02. The molecular weight excluding hydrogens is 152 g/mol. The van der Waals surface area contributed by atoms with Gasteiger partial charge >= 0.3 is 5.97 Å². The first kappa shape index (κ1) is 10.1. The highest BCUT2D eigenvalue weighted by molar-refractivity contribution is 5.81. The number of esters is 1. The van der Waals surface area contributed by atoms with Crippen molar-refractivity contribution in [3.05, 3.63) is 0 Å². The third kappa shape index (κ3) is 5.50. The highest BCUT2D eigenvalue weighted by Crippen LogP contribution is 1.79. The summed E-state index contributed by atoms with van der Waals surface area (Å²) in [6.45, 7) is -1.09. The Kier molecular flexibility index (Phi) is 5.32. The van der Waals surface area contributed by atoms with Crippen molar-refractivity contribution in [3.63, 3.8) is 0 Å². The number of aliphatic hydroxyl groups is 1. The molecule has 0 heterocycles. The fourth-order valence-electron chi connectivity index (χ4n) is 0.353. The fraction of sp³-hybridized carbons (Fsp3) is 0.667. The average molecular weight is 162 g/mol. The van der Waals surface area contributed by atoms with Crippen molar-refractivity contribution in [2.75, 3.05) is 26.9 Å². The number of rotatable bonds is 5. The minimum absolute atomic E-state index is 0.258. The molecule has 11 heavy (non-hydrogen) atoms.